The van der Waals surface area contributed by atoms with Crippen LogP contribution in [0.1, 0.15) is 48.4 Å². The van der Waals surface area contributed by atoms with Gasteiger partial charge in [0, 0.05) is 12.1 Å². The molecule has 0 radical (unpaired) electrons. The van der Waals surface area contributed by atoms with Gasteiger partial charge in [-0.3, -0.25) is 9.79 Å². The van der Waals surface area contributed by atoms with Gasteiger partial charge in [0.25, 0.3) is 0 Å². The Morgan fingerprint density at radius 1 is 0.972 bits per heavy atom. The zero-order valence-corrected chi connectivity index (χ0v) is 22.2. The van der Waals surface area contributed by atoms with Crippen LogP contribution in [0, 0.1) is 13.8 Å². The normalized spacial score (nSPS) is 12.8. The number of thioether (sulfide) groups is 1. The number of aryl methyl sites for hydroxylation is 3. The minimum Gasteiger partial charge on any atom is -0.497 e. The molecule has 5 nitrogen and oxygen atoms in total. The molecule has 0 saturated heterocycles. The first-order valence-corrected chi connectivity index (χ1v) is 13.4. The van der Waals surface area contributed by atoms with E-state index in [0.29, 0.717) is 6.42 Å². The van der Waals surface area contributed by atoms with Crippen molar-refractivity contribution in [3.8, 4) is 5.75 Å². The summed E-state index contributed by atoms with van der Waals surface area (Å²) in [5.41, 5.74) is 8.10. The topological polar surface area (TPSA) is 63.0 Å². The lowest BCUT2D eigenvalue weighted by molar-refractivity contribution is -0.113. The first-order valence-electron chi connectivity index (χ1n) is 12.4. The second-order valence-electron chi connectivity index (χ2n) is 9.03. The molecular formula is C30H33N3O2S. The molecule has 1 aliphatic heterocycles. The van der Waals surface area contributed by atoms with Crippen LogP contribution in [-0.4, -0.2) is 29.5 Å². The zero-order valence-electron chi connectivity index (χ0n) is 21.4. The fourth-order valence-corrected chi connectivity index (χ4v) is 4.75. The number of nitrogens with one attached hydrogen (secondary N) is 1. The Morgan fingerprint density at radius 2 is 1.64 bits per heavy atom. The van der Waals surface area contributed by atoms with Crippen LogP contribution < -0.4 is 10.1 Å². The summed E-state index contributed by atoms with van der Waals surface area (Å²) < 4.78 is 5.31. The highest BCUT2D eigenvalue weighted by Gasteiger charge is 2.18. The van der Waals surface area contributed by atoms with Crippen LogP contribution >= 0.6 is 11.8 Å². The maximum atomic E-state index is 12.7. The Morgan fingerprint density at radius 3 is 2.28 bits per heavy atom. The number of hydrogen-bond acceptors (Lipinski definition) is 5. The largest absolute Gasteiger partial charge is 0.497 e. The third-order valence-corrected chi connectivity index (χ3v) is 7.24. The van der Waals surface area contributed by atoms with Gasteiger partial charge >= 0.3 is 0 Å². The summed E-state index contributed by atoms with van der Waals surface area (Å²) in [6, 6.07) is 20.2. The monoisotopic (exact) mass is 499 g/mol. The van der Waals surface area contributed by atoms with E-state index in [9.17, 15) is 4.79 Å². The van der Waals surface area contributed by atoms with Crippen LogP contribution in [0.15, 0.2) is 70.6 Å². The second kappa shape index (κ2) is 12.0. The molecule has 1 amide bonds. The number of ether oxygens (including phenoxy) is 1. The van der Waals surface area contributed by atoms with Gasteiger partial charge in [0.1, 0.15) is 5.75 Å². The molecule has 0 fully saturated rings. The number of carbonyl (C=O) groups is 1. The summed E-state index contributed by atoms with van der Waals surface area (Å²) in [7, 11) is 1.66. The van der Waals surface area contributed by atoms with Gasteiger partial charge in [-0.2, -0.15) is 0 Å². The van der Waals surface area contributed by atoms with E-state index >= 15 is 0 Å². The number of carbonyl (C=O) groups excluding carboxylic acids is 1. The van der Waals surface area contributed by atoms with Crippen molar-refractivity contribution in [1.29, 1.82) is 0 Å². The standard InChI is InChI=1S/C30H33N3O2S/c1-5-6-7-22-8-12-24(13-9-22)31-29(34)19-36-30-18-26(23-10-14-25(35-4)15-11-23)32-27-16-20(2)21(3)17-28(27)33-30/h8-17H,5-7,18-19H2,1-4H3,(H,31,34). The van der Waals surface area contributed by atoms with E-state index in [1.54, 1.807) is 7.11 Å². The predicted octanol–water partition coefficient (Wildman–Crippen LogP) is 7.58. The summed E-state index contributed by atoms with van der Waals surface area (Å²) in [4.78, 5) is 22.7. The quantitative estimate of drug-likeness (QED) is 0.347. The molecule has 4 rings (SSSR count). The maximum absolute atomic E-state index is 12.7. The lowest BCUT2D eigenvalue weighted by Crippen LogP contribution is -2.16. The molecule has 3 aromatic carbocycles. The fraction of sp³-hybridized carbons (Fsp3) is 0.300. The molecular weight excluding hydrogens is 466 g/mol. The highest BCUT2D eigenvalue weighted by molar-refractivity contribution is 8.14. The van der Waals surface area contributed by atoms with Crippen LogP contribution in [0.3, 0.4) is 0 Å². The molecule has 1 aliphatic rings. The SMILES string of the molecule is CCCCc1ccc(NC(=O)CSC2=Nc3cc(C)c(C)cc3N=C(c3ccc(OC)cc3)C2)cc1. The summed E-state index contributed by atoms with van der Waals surface area (Å²) in [5.74, 6) is 1.04. The number of nitrogens with zero attached hydrogens (tertiary/aromatic N) is 2. The van der Waals surface area contributed by atoms with Crippen molar-refractivity contribution in [2.24, 2.45) is 9.98 Å². The van der Waals surface area contributed by atoms with Crippen molar-refractivity contribution in [2.45, 2.75) is 46.5 Å². The lowest BCUT2D eigenvalue weighted by atomic mass is 10.1. The van der Waals surface area contributed by atoms with Gasteiger partial charge in [0.2, 0.25) is 5.91 Å². The Labute approximate surface area is 218 Å². The number of hydrogen-bond donors (Lipinski definition) is 1. The van der Waals surface area contributed by atoms with E-state index < -0.39 is 0 Å². The lowest BCUT2D eigenvalue weighted by Gasteiger charge is -2.09. The van der Waals surface area contributed by atoms with Gasteiger partial charge in [-0.15, -0.1) is 11.8 Å². The van der Waals surface area contributed by atoms with Crippen LogP contribution in [0.4, 0.5) is 17.1 Å². The fourth-order valence-electron chi connectivity index (χ4n) is 3.98. The minimum atomic E-state index is -0.0449. The van der Waals surface area contributed by atoms with Crippen molar-refractivity contribution < 1.29 is 9.53 Å². The minimum absolute atomic E-state index is 0.0449. The van der Waals surface area contributed by atoms with Gasteiger partial charge < -0.3 is 10.1 Å². The highest BCUT2D eigenvalue weighted by Crippen LogP contribution is 2.36. The van der Waals surface area contributed by atoms with Gasteiger partial charge in [0.05, 0.1) is 35.0 Å². The van der Waals surface area contributed by atoms with Crippen molar-refractivity contribution in [1.82, 2.24) is 0 Å². The number of fused-ring (bicyclic) bond motifs is 1. The Hall–Kier alpha value is -3.38. The smallest absolute Gasteiger partial charge is 0.234 e. The van der Waals surface area contributed by atoms with E-state index in [-0.39, 0.29) is 11.7 Å². The Balaban J connectivity index is 1.50. The molecule has 3 aromatic rings. The molecule has 0 atom stereocenters. The molecule has 0 spiro atoms. The average molecular weight is 500 g/mol. The third-order valence-electron chi connectivity index (χ3n) is 6.26. The van der Waals surface area contributed by atoms with Gasteiger partial charge in [-0.25, -0.2) is 4.99 Å². The predicted molar refractivity (Wildman–Crippen MR) is 153 cm³/mol. The van der Waals surface area contributed by atoms with Crippen LogP contribution in [0.2, 0.25) is 0 Å². The van der Waals surface area contributed by atoms with Crippen molar-refractivity contribution in [3.05, 3.63) is 82.9 Å². The highest BCUT2D eigenvalue weighted by atomic mass is 32.2. The van der Waals surface area contributed by atoms with Crippen molar-refractivity contribution >= 4 is 45.5 Å². The maximum Gasteiger partial charge on any atom is 0.234 e. The van der Waals surface area contributed by atoms with E-state index in [1.807, 2.05) is 36.4 Å². The molecule has 6 heteroatoms. The number of anilines is 1. The first kappa shape index (κ1) is 25.7. The molecule has 36 heavy (non-hydrogen) atoms. The van der Waals surface area contributed by atoms with Crippen LogP contribution in [0.5, 0.6) is 5.75 Å². The molecule has 1 heterocycles. The molecule has 0 saturated carbocycles. The molecule has 0 bridgehead atoms. The van der Waals surface area contributed by atoms with E-state index in [2.05, 4.69) is 50.4 Å². The Bertz CT molecular complexity index is 1280. The summed E-state index contributed by atoms with van der Waals surface area (Å²) in [6.07, 6.45) is 3.98. The first-order chi connectivity index (χ1) is 17.4. The second-order valence-corrected chi connectivity index (χ2v) is 10.1. The van der Waals surface area contributed by atoms with Crippen LogP contribution in [-0.2, 0) is 11.2 Å². The van der Waals surface area contributed by atoms with E-state index in [1.165, 1.54) is 41.3 Å². The third kappa shape index (κ3) is 6.64. The molecule has 186 valence electrons. The number of unbranched alkanes of at least 4 members (excludes halogenated alkanes) is 1. The number of amides is 1. The molecule has 0 aliphatic carbocycles. The summed E-state index contributed by atoms with van der Waals surface area (Å²) in [6.45, 7) is 6.36. The van der Waals surface area contributed by atoms with E-state index in [4.69, 9.17) is 14.7 Å². The molecule has 1 N–H and O–H groups in total. The van der Waals surface area contributed by atoms with E-state index in [0.717, 1.165) is 45.6 Å². The summed E-state index contributed by atoms with van der Waals surface area (Å²) in [5, 5.41) is 3.88. The van der Waals surface area contributed by atoms with Crippen molar-refractivity contribution in [2.75, 3.05) is 18.2 Å². The van der Waals surface area contributed by atoms with Gasteiger partial charge in [0.15, 0.2) is 0 Å². The summed E-state index contributed by atoms with van der Waals surface area (Å²) >= 11 is 1.46. The van der Waals surface area contributed by atoms with Crippen molar-refractivity contribution in [3.63, 3.8) is 0 Å². The number of methoxy groups -OCH3 is 1. The number of benzene rings is 3. The Kier molecular flexibility index (Phi) is 8.60. The molecule has 0 unspecified atom stereocenters. The zero-order chi connectivity index (χ0) is 25.5. The average Bonchev–Trinajstić information content (AvgIpc) is 3.06. The number of rotatable bonds is 8. The van der Waals surface area contributed by atoms with Gasteiger partial charge in [-0.05, 0) is 97.5 Å². The van der Waals surface area contributed by atoms with Gasteiger partial charge in [-0.1, -0.05) is 25.5 Å². The van der Waals surface area contributed by atoms with Crippen LogP contribution in [0.25, 0.3) is 0 Å². The number of aliphatic imine (C=N–C) groups is 2. The molecule has 0 aromatic heterocycles.